The molecular weight excluding hydrogens is 200 g/mol. The van der Waals surface area contributed by atoms with E-state index in [4.69, 9.17) is 9.47 Å². The van der Waals surface area contributed by atoms with Gasteiger partial charge in [0.25, 0.3) is 0 Å². The molecule has 0 unspecified atom stereocenters. The molecule has 2 aliphatic rings. The molecule has 2 bridgehead atoms. The maximum Gasteiger partial charge on any atom is 0.0854 e. The summed E-state index contributed by atoms with van der Waals surface area (Å²) >= 11 is 0. The van der Waals surface area contributed by atoms with Crippen molar-refractivity contribution in [2.24, 2.45) is 0 Å². The summed E-state index contributed by atoms with van der Waals surface area (Å²) in [5.41, 5.74) is 3.95. The van der Waals surface area contributed by atoms with Crippen molar-refractivity contribution in [1.29, 1.82) is 0 Å². The van der Waals surface area contributed by atoms with Crippen LogP contribution >= 0.6 is 0 Å². The van der Waals surface area contributed by atoms with Crippen LogP contribution in [0.15, 0.2) is 18.2 Å². The van der Waals surface area contributed by atoms with Crippen LogP contribution in [0.2, 0.25) is 0 Å². The van der Waals surface area contributed by atoms with Crippen molar-refractivity contribution >= 4 is 0 Å². The van der Waals surface area contributed by atoms with Gasteiger partial charge in [0.05, 0.1) is 24.9 Å². The Bertz CT molecular complexity index is 367. The fourth-order valence-electron chi connectivity index (χ4n) is 2.87. The predicted molar refractivity (Wildman–Crippen MR) is 62.5 cm³/mol. The molecule has 1 aromatic carbocycles. The largest absolute Gasteiger partial charge is 0.375 e. The number of fused-ring (bicyclic) bond motifs is 2. The van der Waals surface area contributed by atoms with Gasteiger partial charge in [-0.25, -0.2) is 0 Å². The fraction of sp³-hybridized carbons (Fsp3) is 0.571. The molecule has 0 aromatic heterocycles. The molecule has 2 heteroatoms. The van der Waals surface area contributed by atoms with E-state index in [1.54, 1.807) is 0 Å². The Hall–Kier alpha value is -0.860. The summed E-state index contributed by atoms with van der Waals surface area (Å²) in [5.74, 6) is 0. The Morgan fingerprint density at radius 1 is 1.00 bits per heavy atom. The van der Waals surface area contributed by atoms with Gasteiger partial charge in [0, 0.05) is 12.8 Å². The van der Waals surface area contributed by atoms with E-state index >= 15 is 0 Å². The van der Waals surface area contributed by atoms with Crippen LogP contribution in [0.5, 0.6) is 0 Å². The first-order valence-electron chi connectivity index (χ1n) is 6.06. The number of ether oxygens (including phenoxy) is 2. The van der Waals surface area contributed by atoms with Crippen molar-refractivity contribution in [3.8, 4) is 0 Å². The standard InChI is InChI=1S/C14H18O2/c1-9-3-10(2)5-11(4-9)14-7-12-6-13(16-14)8-15-12/h3-5,12-14H,6-8H2,1-2H3/t12-,13-,14-/m0/s1. The van der Waals surface area contributed by atoms with E-state index in [9.17, 15) is 0 Å². The molecule has 0 N–H and O–H groups in total. The predicted octanol–water partition coefficient (Wildman–Crippen LogP) is 2.92. The van der Waals surface area contributed by atoms with Crippen molar-refractivity contribution in [2.75, 3.05) is 6.61 Å². The number of benzene rings is 1. The zero-order chi connectivity index (χ0) is 11.1. The van der Waals surface area contributed by atoms with Crippen LogP contribution in [0.25, 0.3) is 0 Å². The van der Waals surface area contributed by atoms with E-state index in [0.717, 1.165) is 19.4 Å². The van der Waals surface area contributed by atoms with Gasteiger partial charge in [-0.05, 0) is 19.4 Å². The molecule has 0 spiro atoms. The van der Waals surface area contributed by atoms with E-state index in [1.165, 1.54) is 16.7 Å². The van der Waals surface area contributed by atoms with Gasteiger partial charge in [0.15, 0.2) is 0 Å². The molecule has 1 aromatic rings. The fourth-order valence-corrected chi connectivity index (χ4v) is 2.87. The van der Waals surface area contributed by atoms with Crippen LogP contribution in [-0.2, 0) is 9.47 Å². The third-order valence-electron chi connectivity index (χ3n) is 3.49. The molecule has 2 fully saturated rings. The lowest BCUT2D eigenvalue weighted by atomic mass is 9.95. The maximum absolute atomic E-state index is 6.05. The van der Waals surface area contributed by atoms with Gasteiger partial charge >= 0.3 is 0 Å². The topological polar surface area (TPSA) is 18.5 Å². The first-order chi connectivity index (χ1) is 7.70. The third kappa shape index (κ3) is 1.87. The minimum absolute atomic E-state index is 0.241. The van der Waals surface area contributed by atoms with Crippen LogP contribution < -0.4 is 0 Å². The van der Waals surface area contributed by atoms with Crippen molar-refractivity contribution in [1.82, 2.24) is 0 Å². The molecule has 16 heavy (non-hydrogen) atoms. The van der Waals surface area contributed by atoms with Gasteiger partial charge < -0.3 is 9.47 Å². The summed E-state index contributed by atoms with van der Waals surface area (Å²) in [4.78, 5) is 0. The van der Waals surface area contributed by atoms with Gasteiger partial charge in [0.2, 0.25) is 0 Å². The summed E-state index contributed by atoms with van der Waals surface area (Å²) < 4.78 is 11.7. The van der Waals surface area contributed by atoms with E-state index < -0.39 is 0 Å². The highest BCUT2D eigenvalue weighted by molar-refractivity contribution is 5.30. The molecule has 2 aliphatic heterocycles. The highest BCUT2D eigenvalue weighted by Gasteiger charge is 2.36. The van der Waals surface area contributed by atoms with Crippen LogP contribution in [0, 0.1) is 13.8 Å². The van der Waals surface area contributed by atoms with E-state index in [2.05, 4.69) is 32.0 Å². The van der Waals surface area contributed by atoms with Crippen LogP contribution in [0.3, 0.4) is 0 Å². The molecule has 0 radical (unpaired) electrons. The van der Waals surface area contributed by atoms with Crippen LogP contribution in [-0.4, -0.2) is 18.8 Å². The highest BCUT2D eigenvalue weighted by atomic mass is 16.6. The molecule has 3 atom stereocenters. The molecule has 2 saturated heterocycles. The first kappa shape index (κ1) is 10.3. The molecule has 2 heterocycles. The number of aryl methyl sites for hydroxylation is 2. The quantitative estimate of drug-likeness (QED) is 0.721. The summed E-state index contributed by atoms with van der Waals surface area (Å²) in [6.45, 7) is 5.07. The minimum atomic E-state index is 0.241. The Labute approximate surface area is 96.6 Å². The summed E-state index contributed by atoms with van der Waals surface area (Å²) in [7, 11) is 0. The van der Waals surface area contributed by atoms with Crippen molar-refractivity contribution < 1.29 is 9.47 Å². The van der Waals surface area contributed by atoms with Gasteiger partial charge in [-0.2, -0.15) is 0 Å². The second kappa shape index (κ2) is 3.86. The Morgan fingerprint density at radius 3 is 2.44 bits per heavy atom. The third-order valence-corrected chi connectivity index (χ3v) is 3.49. The SMILES string of the molecule is Cc1cc(C)cc([C@@H]2C[C@@H]3C[C@@H](CO3)O2)c1. The average molecular weight is 218 g/mol. The lowest BCUT2D eigenvalue weighted by Gasteiger charge is -2.27. The summed E-state index contributed by atoms with van der Waals surface area (Å²) in [6.07, 6.45) is 3.08. The van der Waals surface area contributed by atoms with Crippen molar-refractivity contribution in [3.05, 3.63) is 34.9 Å². The Kier molecular flexibility index (Phi) is 2.49. The van der Waals surface area contributed by atoms with E-state index in [-0.39, 0.29) is 6.10 Å². The highest BCUT2D eigenvalue weighted by Crippen LogP contribution is 2.37. The monoisotopic (exact) mass is 218 g/mol. The van der Waals surface area contributed by atoms with Crippen LogP contribution in [0.1, 0.15) is 35.6 Å². The number of rotatable bonds is 1. The van der Waals surface area contributed by atoms with Gasteiger partial charge in [0.1, 0.15) is 0 Å². The van der Waals surface area contributed by atoms with Gasteiger partial charge in [-0.1, -0.05) is 29.3 Å². The average Bonchev–Trinajstić information content (AvgIpc) is 2.56. The smallest absolute Gasteiger partial charge is 0.0854 e. The zero-order valence-electron chi connectivity index (χ0n) is 9.90. The molecule has 0 amide bonds. The second-order valence-electron chi connectivity index (χ2n) is 5.09. The molecule has 0 aliphatic carbocycles. The van der Waals surface area contributed by atoms with E-state index in [1.807, 2.05) is 0 Å². The zero-order valence-corrected chi connectivity index (χ0v) is 9.90. The number of hydrogen-bond donors (Lipinski definition) is 0. The minimum Gasteiger partial charge on any atom is -0.375 e. The Balaban J connectivity index is 1.86. The second-order valence-corrected chi connectivity index (χ2v) is 5.09. The first-order valence-corrected chi connectivity index (χ1v) is 6.06. The summed E-state index contributed by atoms with van der Waals surface area (Å²) in [6, 6.07) is 6.68. The van der Waals surface area contributed by atoms with Crippen LogP contribution in [0.4, 0.5) is 0 Å². The normalized spacial score (nSPS) is 33.0. The van der Waals surface area contributed by atoms with E-state index in [0.29, 0.717) is 12.2 Å². The molecule has 3 rings (SSSR count). The van der Waals surface area contributed by atoms with Crippen molar-refractivity contribution in [2.45, 2.75) is 45.0 Å². The van der Waals surface area contributed by atoms with Crippen molar-refractivity contribution in [3.63, 3.8) is 0 Å². The summed E-state index contributed by atoms with van der Waals surface area (Å²) in [5, 5.41) is 0. The molecule has 2 nitrogen and oxygen atoms in total. The molecule has 0 saturated carbocycles. The lowest BCUT2D eigenvalue weighted by Crippen LogP contribution is -2.24. The maximum atomic E-state index is 6.05. The molecule has 86 valence electrons. The van der Waals surface area contributed by atoms with Gasteiger partial charge in [-0.15, -0.1) is 0 Å². The molecular formula is C14H18O2. The Morgan fingerprint density at radius 2 is 1.75 bits per heavy atom. The van der Waals surface area contributed by atoms with Gasteiger partial charge in [-0.3, -0.25) is 0 Å². The lowest BCUT2D eigenvalue weighted by molar-refractivity contribution is -0.0314. The number of hydrogen-bond acceptors (Lipinski definition) is 2.